The van der Waals surface area contributed by atoms with Crippen LogP contribution in [0.3, 0.4) is 0 Å². The molecule has 4 atom stereocenters. The van der Waals surface area contributed by atoms with Crippen LogP contribution in [0.25, 0.3) is 0 Å². The van der Waals surface area contributed by atoms with E-state index in [1.807, 2.05) is 13.8 Å². The predicted octanol–water partition coefficient (Wildman–Crippen LogP) is -0.505. The van der Waals surface area contributed by atoms with Gasteiger partial charge in [-0.15, -0.1) is 0 Å². The van der Waals surface area contributed by atoms with Crippen LogP contribution in [0.4, 0.5) is 0 Å². The van der Waals surface area contributed by atoms with Crippen molar-refractivity contribution in [3.05, 3.63) is 29.8 Å². The largest absolute Gasteiger partial charge is 0.508 e. The van der Waals surface area contributed by atoms with Crippen LogP contribution in [-0.4, -0.2) is 69.8 Å². The highest BCUT2D eigenvalue weighted by Gasteiger charge is 2.32. The topological polar surface area (TPSA) is 191 Å². The molecule has 11 nitrogen and oxygen atoms in total. The van der Waals surface area contributed by atoms with Gasteiger partial charge < -0.3 is 37.0 Å². The summed E-state index contributed by atoms with van der Waals surface area (Å²) in [6, 6.07) is 1.43. The van der Waals surface area contributed by atoms with Crippen LogP contribution < -0.4 is 21.7 Å². The maximum absolute atomic E-state index is 13.0. The smallest absolute Gasteiger partial charge is 0.326 e. The summed E-state index contributed by atoms with van der Waals surface area (Å²) in [6.07, 6.45) is 0.214. The normalized spacial score (nSPS) is 14.7. The summed E-state index contributed by atoms with van der Waals surface area (Å²) < 4.78 is 0. The Hall–Kier alpha value is -3.18. The van der Waals surface area contributed by atoms with Crippen LogP contribution in [0.5, 0.6) is 5.75 Å². The molecule has 0 fully saturated rings. The van der Waals surface area contributed by atoms with Crippen LogP contribution in [0.1, 0.15) is 39.7 Å². The van der Waals surface area contributed by atoms with E-state index >= 15 is 0 Å². The minimum Gasteiger partial charge on any atom is -0.508 e. The summed E-state index contributed by atoms with van der Waals surface area (Å²) in [5.41, 5.74) is 6.10. The lowest BCUT2D eigenvalue weighted by molar-refractivity contribution is -0.142. The van der Waals surface area contributed by atoms with Crippen LogP contribution in [0, 0.1) is 11.8 Å². The lowest BCUT2D eigenvalue weighted by Gasteiger charge is -2.27. The standard InChI is InChI=1S/C23H36N4O7/c1-12(2)9-17(25-22(32)19(13(3)4)27-20(30)16(24)11-28)21(31)26-18(23(33)34)10-14-5-7-15(29)8-6-14/h5-8,12-13,16-19,28-29H,9-11,24H2,1-4H3,(H,25,32)(H,26,31)(H,27,30)(H,33,34). The molecule has 4 unspecified atom stereocenters. The number of phenols is 1. The first kappa shape index (κ1) is 28.9. The van der Waals surface area contributed by atoms with E-state index < -0.39 is 54.5 Å². The number of aromatic hydroxyl groups is 1. The van der Waals surface area contributed by atoms with Gasteiger partial charge in [0.05, 0.1) is 6.61 Å². The number of benzene rings is 1. The molecule has 0 saturated heterocycles. The lowest BCUT2D eigenvalue weighted by Crippen LogP contribution is -2.59. The molecule has 8 N–H and O–H groups in total. The highest BCUT2D eigenvalue weighted by molar-refractivity contribution is 5.94. The molecule has 0 aliphatic rings. The molecule has 0 radical (unpaired) electrons. The van der Waals surface area contributed by atoms with Gasteiger partial charge in [0.15, 0.2) is 0 Å². The van der Waals surface area contributed by atoms with E-state index in [1.165, 1.54) is 12.1 Å². The first-order valence-electron chi connectivity index (χ1n) is 11.1. The number of nitrogens with one attached hydrogen (secondary N) is 3. The van der Waals surface area contributed by atoms with Gasteiger partial charge in [0.25, 0.3) is 0 Å². The van der Waals surface area contributed by atoms with Gasteiger partial charge in [-0.05, 0) is 36.0 Å². The summed E-state index contributed by atoms with van der Waals surface area (Å²) in [4.78, 5) is 49.7. The second kappa shape index (κ2) is 13.5. The number of carboxylic acid groups (broad SMARTS) is 1. The van der Waals surface area contributed by atoms with Crippen molar-refractivity contribution in [3.8, 4) is 5.75 Å². The number of nitrogens with two attached hydrogens (primary N) is 1. The summed E-state index contributed by atoms with van der Waals surface area (Å²) in [5.74, 6) is -3.58. The zero-order chi connectivity index (χ0) is 26.0. The second-order valence-electron chi connectivity index (χ2n) is 8.98. The van der Waals surface area contributed by atoms with Gasteiger partial charge >= 0.3 is 5.97 Å². The zero-order valence-corrected chi connectivity index (χ0v) is 19.9. The van der Waals surface area contributed by atoms with Crippen molar-refractivity contribution >= 4 is 23.7 Å². The van der Waals surface area contributed by atoms with Gasteiger partial charge in [0.2, 0.25) is 17.7 Å². The van der Waals surface area contributed by atoms with E-state index in [4.69, 9.17) is 10.8 Å². The number of carbonyl (C=O) groups excluding carboxylic acids is 3. The second-order valence-corrected chi connectivity index (χ2v) is 8.98. The molecule has 1 rings (SSSR count). The van der Waals surface area contributed by atoms with E-state index in [-0.39, 0.29) is 30.4 Å². The predicted molar refractivity (Wildman–Crippen MR) is 125 cm³/mol. The number of amides is 3. The van der Waals surface area contributed by atoms with Gasteiger partial charge in [-0.3, -0.25) is 14.4 Å². The minimum absolute atomic E-state index is 0.00803. The van der Waals surface area contributed by atoms with E-state index in [9.17, 15) is 29.4 Å². The molecule has 0 heterocycles. The molecule has 3 amide bonds. The minimum atomic E-state index is -1.26. The molecular weight excluding hydrogens is 444 g/mol. The van der Waals surface area contributed by atoms with Crippen LogP contribution in [0.2, 0.25) is 0 Å². The number of rotatable bonds is 13. The third kappa shape index (κ3) is 9.36. The van der Waals surface area contributed by atoms with Crippen molar-refractivity contribution in [2.75, 3.05) is 6.61 Å². The Kier molecular flexibility index (Phi) is 11.5. The van der Waals surface area contributed by atoms with Crippen molar-refractivity contribution in [2.45, 2.75) is 64.7 Å². The molecular formula is C23H36N4O7. The molecule has 1 aromatic rings. The van der Waals surface area contributed by atoms with Crippen LogP contribution in [0.15, 0.2) is 24.3 Å². The van der Waals surface area contributed by atoms with Crippen molar-refractivity contribution < 1.29 is 34.5 Å². The van der Waals surface area contributed by atoms with Crippen molar-refractivity contribution in [1.82, 2.24) is 16.0 Å². The van der Waals surface area contributed by atoms with Gasteiger partial charge in [-0.25, -0.2) is 4.79 Å². The lowest BCUT2D eigenvalue weighted by atomic mass is 9.99. The summed E-state index contributed by atoms with van der Waals surface area (Å²) in [6.45, 7) is 6.50. The van der Waals surface area contributed by atoms with E-state index in [2.05, 4.69) is 16.0 Å². The summed E-state index contributed by atoms with van der Waals surface area (Å²) in [5, 5.41) is 35.6. The van der Waals surface area contributed by atoms with Crippen molar-refractivity contribution in [2.24, 2.45) is 17.6 Å². The fraction of sp³-hybridized carbons (Fsp3) is 0.565. The third-order valence-electron chi connectivity index (χ3n) is 5.11. The molecule has 0 aromatic heterocycles. The highest BCUT2D eigenvalue weighted by Crippen LogP contribution is 2.13. The molecule has 1 aromatic carbocycles. The molecule has 0 spiro atoms. The fourth-order valence-corrected chi connectivity index (χ4v) is 3.18. The molecule has 0 bridgehead atoms. The van der Waals surface area contributed by atoms with Crippen LogP contribution in [-0.2, 0) is 25.6 Å². The number of hydrogen-bond donors (Lipinski definition) is 7. The molecule has 190 valence electrons. The number of phenolic OH excluding ortho intramolecular Hbond substituents is 1. The SMILES string of the molecule is CC(C)CC(NC(=O)C(NC(=O)C(N)CO)C(C)C)C(=O)NC(Cc1ccc(O)cc1)C(=O)O. The number of hydrogen-bond acceptors (Lipinski definition) is 7. The number of carboxylic acids is 1. The maximum atomic E-state index is 13.0. The Labute approximate surface area is 199 Å². The van der Waals surface area contributed by atoms with Crippen molar-refractivity contribution in [1.29, 1.82) is 0 Å². The first-order chi connectivity index (χ1) is 15.8. The molecule has 0 aliphatic heterocycles. The van der Waals surface area contributed by atoms with E-state index in [0.29, 0.717) is 5.56 Å². The average Bonchev–Trinajstić information content (AvgIpc) is 2.76. The third-order valence-corrected chi connectivity index (χ3v) is 5.11. The zero-order valence-electron chi connectivity index (χ0n) is 19.9. The Morgan fingerprint density at radius 2 is 1.44 bits per heavy atom. The van der Waals surface area contributed by atoms with Gasteiger partial charge in [0, 0.05) is 6.42 Å². The highest BCUT2D eigenvalue weighted by atomic mass is 16.4. The quantitative estimate of drug-likeness (QED) is 0.196. The maximum Gasteiger partial charge on any atom is 0.326 e. The Bertz CT molecular complexity index is 842. The number of aliphatic hydroxyl groups excluding tert-OH is 1. The molecule has 0 saturated carbocycles. The monoisotopic (exact) mass is 480 g/mol. The Morgan fingerprint density at radius 1 is 0.882 bits per heavy atom. The molecule has 0 aliphatic carbocycles. The molecule has 11 heteroatoms. The van der Waals surface area contributed by atoms with Crippen LogP contribution >= 0.6 is 0 Å². The first-order valence-corrected chi connectivity index (χ1v) is 11.1. The number of aliphatic hydroxyl groups is 1. The number of carbonyl (C=O) groups is 4. The van der Waals surface area contributed by atoms with E-state index in [0.717, 1.165) is 0 Å². The summed E-state index contributed by atoms with van der Waals surface area (Å²) in [7, 11) is 0. The van der Waals surface area contributed by atoms with Gasteiger partial charge in [-0.1, -0.05) is 39.8 Å². The van der Waals surface area contributed by atoms with Crippen molar-refractivity contribution in [3.63, 3.8) is 0 Å². The fourth-order valence-electron chi connectivity index (χ4n) is 3.18. The van der Waals surface area contributed by atoms with Gasteiger partial charge in [0.1, 0.15) is 29.9 Å². The van der Waals surface area contributed by atoms with Gasteiger partial charge in [-0.2, -0.15) is 0 Å². The Morgan fingerprint density at radius 3 is 1.91 bits per heavy atom. The Balaban J connectivity index is 2.98. The average molecular weight is 481 g/mol. The van der Waals surface area contributed by atoms with E-state index in [1.54, 1.807) is 26.0 Å². The number of aliphatic carboxylic acids is 1. The summed E-state index contributed by atoms with van der Waals surface area (Å²) >= 11 is 0. The molecule has 34 heavy (non-hydrogen) atoms.